The zero-order valence-corrected chi connectivity index (χ0v) is 17.7. The molecule has 2 aromatic rings. The predicted octanol–water partition coefficient (Wildman–Crippen LogP) is 6.74. The number of hydrogen-bond acceptors (Lipinski definition) is 3. The molecule has 4 rings (SSSR count). The maximum absolute atomic E-state index is 6.44. The monoisotopic (exact) mass is 425 g/mol. The van der Waals surface area contributed by atoms with Crippen LogP contribution in [0.15, 0.2) is 47.5 Å². The molecule has 0 amide bonds. The largest absolute Gasteiger partial charge is 0.495 e. The van der Waals surface area contributed by atoms with Crippen molar-refractivity contribution >= 4 is 27.2 Å². The molecule has 0 aromatic heterocycles. The van der Waals surface area contributed by atoms with Gasteiger partial charge in [0.1, 0.15) is 17.6 Å². The lowest BCUT2D eigenvalue weighted by Gasteiger charge is -2.37. The SMILES string of the molecule is C=CCC1Oc2ccc(Br)c(OC)c2-c2ccc3c(c21)C(C)=CC(C)(C)N3. The summed E-state index contributed by atoms with van der Waals surface area (Å²) in [6.07, 6.45) is 4.89. The van der Waals surface area contributed by atoms with E-state index in [4.69, 9.17) is 9.47 Å². The molecule has 0 bridgehead atoms. The Balaban J connectivity index is 2.04. The highest BCUT2D eigenvalue weighted by Gasteiger charge is 2.34. The molecule has 0 fully saturated rings. The first-order valence-electron chi connectivity index (χ1n) is 9.15. The molecule has 2 heterocycles. The van der Waals surface area contributed by atoms with Gasteiger partial charge in [0.15, 0.2) is 0 Å². The fourth-order valence-electron chi connectivity index (χ4n) is 4.32. The van der Waals surface area contributed by atoms with Crippen LogP contribution in [0.3, 0.4) is 0 Å². The number of fused-ring (bicyclic) bond motifs is 5. The number of hydrogen-bond donors (Lipinski definition) is 1. The number of anilines is 1. The molecule has 4 heteroatoms. The fourth-order valence-corrected chi connectivity index (χ4v) is 4.81. The number of ether oxygens (including phenoxy) is 2. The summed E-state index contributed by atoms with van der Waals surface area (Å²) >= 11 is 3.61. The van der Waals surface area contributed by atoms with Crippen LogP contribution in [0.5, 0.6) is 11.5 Å². The summed E-state index contributed by atoms with van der Waals surface area (Å²) in [6.45, 7) is 10.5. The van der Waals surface area contributed by atoms with Gasteiger partial charge >= 0.3 is 0 Å². The van der Waals surface area contributed by atoms with E-state index >= 15 is 0 Å². The number of rotatable bonds is 3. The van der Waals surface area contributed by atoms with Gasteiger partial charge in [-0.25, -0.2) is 0 Å². The van der Waals surface area contributed by atoms with E-state index < -0.39 is 0 Å². The van der Waals surface area contributed by atoms with Crippen LogP contribution in [0.4, 0.5) is 5.69 Å². The highest BCUT2D eigenvalue weighted by Crippen LogP contribution is 2.54. The first-order valence-corrected chi connectivity index (χ1v) is 9.95. The van der Waals surface area contributed by atoms with Gasteiger partial charge < -0.3 is 14.8 Å². The summed E-state index contributed by atoms with van der Waals surface area (Å²) in [4.78, 5) is 0. The van der Waals surface area contributed by atoms with Crippen LogP contribution in [-0.4, -0.2) is 12.6 Å². The molecule has 1 unspecified atom stereocenters. The van der Waals surface area contributed by atoms with Crippen molar-refractivity contribution in [2.75, 3.05) is 12.4 Å². The first kappa shape index (κ1) is 18.2. The van der Waals surface area contributed by atoms with Crippen LogP contribution in [0.2, 0.25) is 0 Å². The normalized spacial score (nSPS) is 18.9. The highest BCUT2D eigenvalue weighted by atomic mass is 79.9. The van der Waals surface area contributed by atoms with Crippen molar-refractivity contribution in [1.82, 2.24) is 0 Å². The van der Waals surface area contributed by atoms with Crippen molar-refractivity contribution in [3.8, 4) is 22.6 Å². The van der Waals surface area contributed by atoms with Gasteiger partial charge in [0.25, 0.3) is 0 Å². The number of methoxy groups -OCH3 is 1. The van der Waals surface area contributed by atoms with E-state index in [0.29, 0.717) is 0 Å². The average Bonchev–Trinajstić information content (AvgIpc) is 2.60. The predicted molar refractivity (Wildman–Crippen MR) is 116 cm³/mol. The third-order valence-electron chi connectivity index (χ3n) is 5.19. The van der Waals surface area contributed by atoms with Crippen molar-refractivity contribution < 1.29 is 9.47 Å². The summed E-state index contributed by atoms with van der Waals surface area (Å²) in [6, 6.07) is 8.33. The van der Waals surface area contributed by atoms with Crippen molar-refractivity contribution in [2.24, 2.45) is 0 Å². The standard InChI is InChI=1S/C23H24BrNO2/c1-6-7-17-20-14(21-18(27-17)11-9-15(24)22(21)26-5)8-10-16-19(20)13(2)12-23(3,4)25-16/h6,8-12,17,25H,1,7H2,2-5H3. The van der Waals surface area contributed by atoms with Crippen LogP contribution in [0.1, 0.15) is 44.4 Å². The van der Waals surface area contributed by atoms with Crippen LogP contribution < -0.4 is 14.8 Å². The Morgan fingerprint density at radius 3 is 2.74 bits per heavy atom. The molecule has 140 valence electrons. The minimum atomic E-state index is -0.0760. The summed E-state index contributed by atoms with van der Waals surface area (Å²) in [5.74, 6) is 1.65. The van der Waals surface area contributed by atoms with E-state index in [-0.39, 0.29) is 11.6 Å². The molecule has 0 saturated heterocycles. The Morgan fingerprint density at radius 2 is 2.04 bits per heavy atom. The molecule has 0 radical (unpaired) electrons. The molecule has 1 atom stereocenters. The summed E-state index contributed by atoms with van der Waals surface area (Å²) in [5.41, 5.74) is 6.93. The number of allylic oxidation sites excluding steroid dienone is 1. The van der Waals surface area contributed by atoms with Crippen molar-refractivity contribution in [3.63, 3.8) is 0 Å². The van der Waals surface area contributed by atoms with Gasteiger partial charge in [-0.2, -0.15) is 0 Å². The Bertz CT molecular complexity index is 975. The zero-order chi connectivity index (χ0) is 19.3. The molecule has 0 saturated carbocycles. The summed E-state index contributed by atoms with van der Waals surface area (Å²) in [5, 5.41) is 3.65. The molecule has 0 spiro atoms. The summed E-state index contributed by atoms with van der Waals surface area (Å²) in [7, 11) is 1.70. The molecule has 2 aromatic carbocycles. The lowest BCUT2D eigenvalue weighted by atomic mass is 9.81. The molecular weight excluding hydrogens is 402 g/mol. The van der Waals surface area contributed by atoms with Gasteiger partial charge in [-0.3, -0.25) is 0 Å². The van der Waals surface area contributed by atoms with E-state index in [1.165, 1.54) is 16.7 Å². The molecular formula is C23H24BrNO2. The zero-order valence-electron chi connectivity index (χ0n) is 16.2. The maximum atomic E-state index is 6.44. The van der Waals surface area contributed by atoms with E-state index in [1.807, 2.05) is 18.2 Å². The molecule has 2 aliphatic rings. The van der Waals surface area contributed by atoms with Gasteiger partial charge in [0.05, 0.1) is 22.7 Å². The quantitative estimate of drug-likeness (QED) is 0.552. The second-order valence-corrected chi connectivity index (χ2v) is 8.56. The van der Waals surface area contributed by atoms with Crippen LogP contribution >= 0.6 is 15.9 Å². The third-order valence-corrected chi connectivity index (χ3v) is 5.82. The van der Waals surface area contributed by atoms with E-state index in [1.54, 1.807) is 7.11 Å². The van der Waals surface area contributed by atoms with Crippen LogP contribution in [0, 0.1) is 0 Å². The summed E-state index contributed by atoms with van der Waals surface area (Å²) < 4.78 is 13.1. The second kappa shape index (κ2) is 6.45. The number of halogens is 1. The van der Waals surface area contributed by atoms with Gasteiger partial charge in [-0.05, 0) is 66.0 Å². The van der Waals surface area contributed by atoms with Crippen LogP contribution in [0.25, 0.3) is 16.7 Å². The minimum absolute atomic E-state index is 0.0720. The Labute approximate surface area is 169 Å². The molecule has 0 aliphatic carbocycles. The van der Waals surface area contributed by atoms with E-state index in [2.05, 4.69) is 66.8 Å². The van der Waals surface area contributed by atoms with Gasteiger partial charge in [-0.1, -0.05) is 18.2 Å². The fraction of sp³-hybridized carbons (Fsp3) is 0.304. The smallest absolute Gasteiger partial charge is 0.144 e. The van der Waals surface area contributed by atoms with E-state index in [0.717, 1.165) is 39.2 Å². The van der Waals surface area contributed by atoms with Crippen molar-refractivity contribution in [1.29, 1.82) is 0 Å². The Hall–Kier alpha value is -2.20. The topological polar surface area (TPSA) is 30.5 Å². The van der Waals surface area contributed by atoms with Crippen LogP contribution in [-0.2, 0) is 0 Å². The van der Waals surface area contributed by atoms with Gasteiger partial charge in [-0.15, -0.1) is 6.58 Å². The molecule has 1 N–H and O–H groups in total. The lowest BCUT2D eigenvalue weighted by molar-refractivity contribution is 0.204. The second-order valence-electron chi connectivity index (χ2n) is 7.71. The van der Waals surface area contributed by atoms with Crippen molar-refractivity contribution in [2.45, 2.75) is 38.8 Å². The van der Waals surface area contributed by atoms with E-state index in [9.17, 15) is 0 Å². The van der Waals surface area contributed by atoms with Gasteiger partial charge in [0, 0.05) is 23.2 Å². The Morgan fingerprint density at radius 1 is 1.26 bits per heavy atom. The van der Waals surface area contributed by atoms with Gasteiger partial charge in [0.2, 0.25) is 0 Å². The minimum Gasteiger partial charge on any atom is -0.495 e. The average molecular weight is 426 g/mol. The Kier molecular flexibility index (Phi) is 4.34. The third kappa shape index (κ3) is 2.87. The first-order chi connectivity index (χ1) is 12.9. The highest BCUT2D eigenvalue weighted by molar-refractivity contribution is 9.10. The van der Waals surface area contributed by atoms with Crippen molar-refractivity contribution in [3.05, 3.63) is 58.6 Å². The molecule has 2 aliphatic heterocycles. The number of benzene rings is 2. The lowest BCUT2D eigenvalue weighted by Crippen LogP contribution is -2.32. The molecule has 27 heavy (non-hydrogen) atoms. The maximum Gasteiger partial charge on any atom is 0.144 e. The number of nitrogens with one attached hydrogen (secondary N) is 1. The molecule has 3 nitrogen and oxygen atoms in total.